The lowest BCUT2D eigenvalue weighted by Crippen LogP contribution is -2.31. The van der Waals surface area contributed by atoms with Crippen molar-refractivity contribution < 1.29 is 4.79 Å². The molecule has 0 radical (unpaired) electrons. The van der Waals surface area contributed by atoms with Gasteiger partial charge >= 0.3 is 0 Å². The van der Waals surface area contributed by atoms with Crippen LogP contribution in [0.3, 0.4) is 0 Å². The van der Waals surface area contributed by atoms with E-state index in [0.717, 1.165) is 5.56 Å². The van der Waals surface area contributed by atoms with Gasteiger partial charge in [0.2, 0.25) is 5.91 Å². The van der Waals surface area contributed by atoms with Crippen LogP contribution in [0.1, 0.15) is 19.4 Å². The summed E-state index contributed by atoms with van der Waals surface area (Å²) in [6.45, 7) is 4.00. The van der Waals surface area contributed by atoms with Crippen LogP contribution in [0.2, 0.25) is 0 Å². The van der Waals surface area contributed by atoms with Crippen LogP contribution in [-0.4, -0.2) is 5.91 Å². The fraction of sp³-hybridized carbons (Fsp3) is 0.300. The molecule has 1 aromatic carbocycles. The molecule has 3 nitrogen and oxygen atoms in total. The van der Waals surface area contributed by atoms with Crippen LogP contribution in [0.4, 0.5) is 0 Å². The van der Waals surface area contributed by atoms with Crippen molar-refractivity contribution in [2.75, 3.05) is 0 Å². The molecule has 1 amide bonds. The van der Waals surface area contributed by atoms with E-state index in [9.17, 15) is 4.79 Å². The van der Waals surface area contributed by atoms with Crippen molar-refractivity contribution in [2.45, 2.75) is 20.3 Å². The van der Waals surface area contributed by atoms with Gasteiger partial charge in [0, 0.05) is 0 Å². The first-order valence-corrected chi connectivity index (χ1v) is 4.36. The van der Waals surface area contributed by atoms with E-state index < -0.39 is 0 Å². The smallest absolute Gasteiger partial charge is 0.238 e. The number of benzene rings is 1. The Kier molecular flexibility index (Phi) is 6.55. The molecule has 0 fully saturated rings. The molecule has 72 valence electrons. The number of carbonyl (C=O) groups is 1. The summed E-state index contributed by atoms with van der Waals surface area (Å²) >= 11 is 0. The summed E-state index contributed by atoms with van der Waals surface area (Å²) in [6.07, 6.45) is 0.345. The first kappa shape index (κ1) is 11.6. The standard InChI is InChI=1S/C8H10N2O.C2H6/c9-10-8(11)6-7-4-2-1-3-5-7;1-2/h1-5H,6,9H2,(H,10,11);1-2H3. The topological polar surface area (TPSA) is 55.1 Å². The van der Waals surface area contributed by atoms with E-state index in [1.54, 1.807) is 0 Å². The van der Waals surface area contributed by atoms with Gasteiger partial charge in [-0.25, -0.2) is 5.84 Å². The first-order valence-electron chi connectivity index (χ1n) is 4.36. The molecule has 0 aromatic heterocycles. The molecule has 0 atom stereocenters. The predicted molar refractivity (Wildman–Crippen MR) is 53.8 cm³/mol. The van der Waals surface area contributed by atoms with Gasteiger partial charge in [0.05, 0.1) is 6.42 Å². The van der Waals surface area contributed by atoms with Crippen molar-refractivity contribution in [2.24, 2.45) is 5.84 Å². The Balaban J connectivity index is 0.000000671. The van der Waals surface area contributed by atoms with Crippen molar-refractivity contribution in [1.82, 2.24) is 5.43 Å². The number of nitrogens with one attached hydrogen (secondary N) is 1. The highest BCUT2D eigenvalue weighted by atomic mass is 16.2. The number of hydrogen-bond donors (Lipinski definition) is 2. The van der Waals surface area contributed by atoms with Crippen LogP contribution in [0.5, 0.6) is 0 Å². The zero-order valence-corrected chi connectivity index (χ0v) is 8.08. The number of amides is 1. The van der Waals surface area contributed by atoms with E-state index in [-0.39, 0.29) is 5.91 Å². The van der Waals surface area contributed by atoms with Crippen molar-refractivity contribution in [3.8, 4) is 0 Å². The van der Waals surface area contributed by atoms with Crippen LogP contribution in [0.25, 0.3) is 0 Å². The third kappa shape index (κ3) is 4.98. The second-order valence-corrected chi connectivity index (χ2v) is 2.23. The molecule has 0 spiro atoms. The summed E-state index contributed by atoms with van der Waals surface area (Å²) in [5, 5.41) is 0. The van der Waals surface area contributed by atoms with Gasteiger partial charge < -0.3 is 0 Å². The first-order chi connectivity index (χ1) is 6.33. The molecule has 1 rings (SSSR count). The van der Waals surface area contributed by atoms with Crippen LogP contribution < -0.4 is 11.3 Å². The Morgan fingerprint density at radius 3 is 2.31 bits per heavy atom. The fourth-order valence-electron chi connectivity index (χ4n) is 0.832. The number of rotatable bonds is 2. The Hall–Kier alpha value is -1.35. The van der Waals surface area contributed by atoms with E-state index in [1.165, 1.54) is 0 Å². The SMILES string of the molecule is CC.NNC(=O)Cc1ccccc1. The molecule has 3 N–H and O–H groups in total. The molecular weight excluding hydrogens is 164 g/mol. The van der Waals surface area contributed by atoms with Crippen LogP contribution in [0, 0.1) is 0 Å². The second-order valence-electron chi connectivity index (χ2n) is 2.23. The van der Waals surface area contributed by atoms with Gasteiger partial charge in [0.25, 0.3) is 0 Å². The Morgan fingerprint density at radius 2 is 1.85 bits per heavy atom. The third-order valence-electron chi connectivity index (χ3n) is 1.37. The maximum Gasteiger partial charge on any atom is 0.238 e. The molecule has 0 saturated heterocycles. The summed E-state index contributed by atoms with van der Waals surface area (Å²) in [5.74, 6) is 4.75. The lowest BCUT2D eigenvalue weighted by atomic mass is 10.1. The number of carbonyl (C=O) groups excluding carboxylic acids is 1. The highest BCUT2D eigenvalue weighted by Gasteiger charge is 1.98. The second kappa shape index (κ2) is 7.31. The number of nitrogens with two attached hydrogens (primary N) is 1. The summed E-state index contributed by atoms with van der Waals surface area (Å²) in [6, 6.07) is 9.45. The monoisotopic (exact) mass is 180 g/mol. The minimum Gasteiger partial charge on any atom is -0.294 e. The quantitative estimate of drug-likeness (QED) is 0.409. The summed E-state index contributed by atoms with van der Waals surface area (Å²) in [7, 11) is 0. The van der Waals surface area contributed by atoms with Crippen LogP contribution >= 0.6 is 0 Å². The van der Waals surface area contributed by atoms with Gasteiger partial charge in [0.15, 0.2) is 0 Å². The van der Waals surface area contributed by atoms with E-state index in [4.69, 9.17) is 5.84 Å². The van der Waals surface area contributed by atoms with Gasteiger partial charge in [0.1, 0.15) is 0 Å². The molecule has 0 saturated carbocycles. The van der Waals surface area contributed by atoms with Crippen molar-refractivity contribution in [3.63, 3.8) is 0 Å². The van der Waals surface area contributed by atoms with Crippen molar-refractivity contribution >= 4 is 5.91 Å². The largest absolute Gasteiger partial charge is 0.294 e. The maximum atomic E-state index is 10.7. The molecule has 0 bridgehead atoms. The lowest BCUT2D eigenvalue weighted by Gasteiger charge is -1.97. The van der Waals surface area contributed by atoms with E-state index in [2.05, 4.69) is 5.43 Å². The zero-order chi connectivity index (χ0) is 10.1. The molecule has 0 aliphatic rings. The van der Waals surface area contributed by atoms with Gasteiger partial charge in [-0.15, -0.1) is 0 Å². The van der Waals surface area contributed by atoms with Crippen LogP contribution in [-0.2, 0) is 11.2 Å². The Morgan fingerprint density at radius 1 is 1.31 bits per heavy atom. The molecular formula is C10H16N2O. The van der Waals surface area contributed by atoms with Crippen LogP contribution in [0.15, 0.2) is 30.3 Å². The van der Waals surface area contributed by atoms with Gasteiger partial charge in [-0.1, -0.05) is 44.2 Å². The van der Waals surface area contributed by atoms with E-state index in [0.29, 0.717) is 6.42 Å². The predicted octanol–water partition coefficient (Wildman–Crippen LogP) is 1.25. The van der Waals surface area contributed by atoms with Gasteiger partial charge in [-0.05, 0) is 5.56 Å². The minimum atomic E-state index is -0.170. The molecule has 0 aliphatic heterocycles. The van der Waals surface area contributed by atoms with E-state index >= 15 is 0 Å². The minimum absolute atomic E-state index is 0.170. The van der Waals surface area contributed by atoms with E-state index in [1.807, 2.05) is 44.2 Å². The highest BCUT2D eigenvalue weighted by molar-refractivity contribution is 5.77. The summed E-state index contributed by atoms with van der Waals surface area (Å²) in [5.41, 5.74) is 3.04. The zero-order valence-electron chi connectivity index (χ0n) is 8.08. The van der Waals surface area contributed by atoms with Crippen molar-refractivity contribution in [3.05, 3.63) is 35.9 Å². The normalized spacial score (nSPS) is 8.23. The lowest BCUT2D eigenvalue weighted by molar-refractivity contribution is -0.120. The number of hydrogen-bond acceptors (Lipinski definition) is 2. The van der Waals surface area contributed by atoms with Crippen molar-refractivity contribution in [1.29, 1.82) is 0 Å². The molecule has 0 unspecified atom stereocenters. The maximum absolute atomic E-state index is 10.7. The fourth-order valence-corrected chi connectivity index (χ4v) is 0.832. The third-order valence-corrected chi connectivity index (χ3v) is 1.37. The summed E-state index contributed by atoms with van der Waals surface area (Å²) < 4.78 is 0. The summed E-state index contributed by atoms with van der Waals surface area (Å²) in [4.78, 5) is 10.7. The Bertz CT molecular complexity index is 234. The molecule has 0 aliphatic carbocycles. The molecule has 3 heteroatoms. The highest BCUT2D eigenvalue weighted by Crippen LogP contribution is 1.98. The molecule has 13 heavy (non-hydrogen) atoms. The van der Waals surface area contributed by atoms with Gasteiger partial charge in [-0.3, -0.25) is 10.2 Å². The average molecular weight is 180 g/mol. The number of hydrazine groups is 1. The average Bonchev–Trinajstić information content (AvgIpc) is 2.22. The van der Waals surface area contributed by atoms with Gasteiger partial charge in [-0.2, -0.15) is 0 Å². The Labute approximate surface area is 78.9 Å². The molecule has 0 heterocycles. The molecule has 1 aromatic rings.